The normalized spacial score (nSPS) is 13.9. The maximum Gasteiger partial charge on any atom is 0.107 e. The van der Waals surface area contributed by atoms with Gasteiger partial charge in [-0.05, 0) is 103 Å². The molecule has 244 valence electrons. The van der Waals surface area contributed by atoms with Gasteiger partial charge in [0.25, 0.3) is 0 Å². The molecule has 0 nitrogen and oxygen atoms in total. The van der Waals surface area contributed by atoms with Crippen LogP contribution in [-0.2, 0) is 0 Å². The van der Waals surface area contributed by atoms with Crippen molar-refractivity contribution >= 4 is 123 Å². The predicted molar refractivity (Wildman–Crippen MR) is 225 cm³/mol. The smallest absolute Gasteiger partial charge is 0.107 e. The zero-order valence-corrected chi connectivity index (χ0v) is 35.1. The molecule has 6 heteroatoms. The van der Waals surface area contributed by atoms with Gasteiger partial charge in [0, 0.05) is 50.1 Å². The van der Waals surface area contributed by atoms with Gasteiger partial charge in [0.05, 0.1) is 0 Å². The minimum absolute atomic E-state index is 0.727. The standard InChI is InChI=1S/C40H52S4Si2/c1-23(2)45(24(3)4,25(5)6)39-21-33-31-19-29(41-35(31)15-17-37(33)43-39)13-14-30-20-32-34-22-40(44-38(34)18-16-36(32)42-30)46(26(7)8,27(9)10)28(11)12/h13-28H,1-12H3/b14-13+. The van der Waals surface area contributed by atoms with Gasteiger partial charge in [0.1, 0.15) is 16.1 Å². The summed E-state index contributed by atoms with van der Waals surface area (Å²) >= 11 is 8.04. The van der Waals surface area contributed by atoms with E-state index in [1.165, 1.54) is 50.1 Å². The Morgan fingerprint density at radius 2 is 0.652 bits per heavy atom. The summed E-state index contributed by atoms with van der Waals surface area (Å²) in [7, 11) is -3.35. The molecule has 0 spiro atoms. The Balaban J connectivity index is 1.37. The summed E-state index contributed by atoms with van der Waals surface area (Å²) in [5.74, 6) is 0. The van der Waals surface area contributed by atoms with Gasteiger partial charge in [-0.2, -0.15) is 0 Å². The first-order valence-corrected chi connectivity index (χ1v) is 25.1. The molecule has 4 heterocycles. The van der Waals surface area contributed by atoms with Crippen LogP contribution in [0.4, 0.5) is 0 Å². The lowest BCUT2D eigenvalue weighted by atomic mass is 10.1. The first-order chi connectivity index (χ1) is 21.7. The Morgan fingerprint density at radius 3 is 0.935 bits per heavy atom. The zero-order valence-electron chi connectivity index (χ0n) is 29.9. The average Bonchev–Trinajstić information content (AvgIpc) is 3.74. The van der Waals surface area contributed by atoms with Crippen LogP contribution < -0.4 is 9.00 Å². The molecule has 0 unspecified atom stereocenters. The van der Waals surface area contributed by atoms with Crippen LogP contribution in [0.25, 0.3) is 52.5 Å². The van der Waals surface area contributed by atoms with E-state index in [1.807, 2.05) is 22.7 Å². The maximum atomic E-state index is 2.61. The molecule has 2 aromatic carbocycles. The highest BCUT2D eigenvalue weighted by molar-refractivity contribution is 7.33. The summed E-state index contributed by atoms with van der Waals surface area (Å²) in [5, 5.41) is 5.80. The zero-order chi connectivity index (χ0) is 33.3. The third-order valence-electron chi connectivity index (χ3n) is 11.4. The second kappa shape index (κ2) is 12.7. The van der Waals surface area contributed by atoms with E-state index in [0.29, 0.717) is 0 Å². The molecule has 0 radical (unpaired) electrons. The molecule has 0 N–H and O–H groups in total. The molecule has 46 heavy (non-hydrogen) atoms. The van der Waals surface area contributed by atoms with Crippen LogP contribution in [-0.4, -0.2) is 16.1 Å². The quantitative estimate of drug-likeness (QED) is 0.124. The topological polar surface area (TPSA) is 0 Å². The third-order valence-corrected chi connectivity index (χ3v) is 31.6. The summed E-state index contributed by atoms with van der Waals surface area (Å²) in [4.78, 5) is 2.69. The number of rotatable bonds is 10. The van der Waals surface area contributed by atoms with E-state index in [1.54, 1.807) is 9.00 Å². The summed E-state index contributed by atoms with van der Waals surface area (Å²) in [6, 6.07) is 19.6. The molecular formula is C40H52S4Si2. The van der Waals surface area contributed by atoms with Gasteiger partial charge in [-0.3, -0.25) is 0 Å². The third kappa shape index (κ3) is 5.29. The van der Waals surface area contributed by atoms with Crippen LogP contribution in [0.2, 0.25) is 33.2 Å². The molecule has 0 atom stereocenters. The predicted octanol–water partition coefficient (Wildman–Crippen LogP) is 14.5. The molecular weight excluding hydrogens is 665 g/mol. The molecule has 6 aromatic rings. The first kappa shape index (κ1) is 34.3. The number of thiophene rings is 4. The fourth-order valence-electron chi connectivity index (χ4n) is 9.76. The van der Waals surface area contributed by atoms with Crippen molar-refractivity contribution in [2.24, 2.45) is 0 Å². The Labute approximate surface area is 295 Å². The largest absolute Gasteiger partial charge is 0.145 e. The van der Waals surface area contributed by atoms with Gasteiger partial charge >= 0.3 is 0 Å². The minimum atomic E-state index is -1.68. The molecule has 0 saturated heterocycles. The Morgan fingerprint density at radius 1 is 0.391 bits per heavy atom. The van der Waals surface area contributed by atoms with E-state index >= 15 is 0 Å². The first-order valence-electron chi connectivity index (χ1n) is 17.3. The van der Waals surface area contributed by atoms with Crippen LogP contribution in [0.3, 0.4) is 0 Å². The molecule has 0 amide bonds. The van der Waals surface area contributed by atoms with Crippen molar-refractivity contribution in [1.82, 2.24) is 0 Å². The fourth-order valence-corrected chi connectivity index (χ4v) is 31.9. The van der Waals surface area contributed by atoms with E-state index in [2.05, 4.69) is 166 Å². The molecule has 0 fully saturated rings. The lowest BCUT2D eigenvalue weighted by Crippen LogP contribution is -2.54. The fraction of sp³-hybridized carbons (Fsp3) is 0.450. The molecule has 0 aliphatic heterocycles. The second-order valence-electron chi connectivity index (χ2n) is 15.4. The van der Waals surface area contributed by atoms with E-state index in [-0.39, 0.29) is 0 Å². The maximum absolute atomic E-state index is 2.61. The van der Waals surface area contributed by atoms with Crippen molar-refractivity contribution in [1.29, 1.82) is 0 Å². The van der Waals surface area contributed by atoms with Crippen molar-refractivity contribution in [3.63, 3.8) is 0 Å². The van der Waals surface area contributed by atoms with Crippen molar-refractivity contribution < 1.29 is 0 Å². The molecule has 4 aromatic heterocycles. The van der Waals surface area contributed by atoms with Crippen LogP contribution in [0.5, 0.6) is 0 Å². The van der Waals surface area contributed by atoms with Gasteiger partial charge in [-0.1, -0.05) is 83.1 Å². The van der Waals surface area contributed by atoms with Gasteiger partial charge in [-0.25, -0.2) is 0 Å². The highest BCUT2D eigenvalue weighted by Crippen LogP contribution is 2.46. The molecule has 6 rings (SSSR count). The SMILES string of the molecule is CC(C)[Si](c1cc2c(ccc3sc(/C=C/c4cc5c(ccc6sc([Si](C(C)C)(C(C)C)C(C)C)cc65)s4)cc32)s1)(C(C)C)C(C)C. The van der Waals surface area contributed by atoms with E-state index in [0.717, 1.165) is 33.2 Å². The van der Waals surface area contributed by atoms with Gasteiger partial charge in [0.15, 0.2) is 0 Å². The van der Waals surface area contributed by atoms with Crippen LogP contribution >= 0.6 is 45.3 Å². The number of hydrogen-bond donors (Lipinski definition) is 0. The lowest BCUT2D eigenvalue weighted by molar-refractivity contribution is 0.837. The van der Waals surface area contributed by atoms with Crippen LogP contribution in [0, 0.1) is 0 Å². The van der Waals surface area contributed by atoms with E-state index in [4.69, 9.17) is 0 Å². The van der Waals surface area contributed by atoms with Crippen molar-refractivity contribution in [3.8, 4) is 0 Å². The average molecular weight is 717 g/mol. The monoisotopic (exact) mass is 716 g/mol. The summed E-state index contributed by atoms with van der Waals surface area (Å²) in [5.41, 5.74) is 4.36. The van der Waals surface area contributed by atoms with E-state index in [9.17, 15) is 0 Å². The van der Waals surface area contributed by atoms with Gasteiger partial charge in [-0.15, -0.1) is 45.3 Å². The summed E-state index contributed by atoms with van der Waals surface area (Å²) in [6.07, 6.45) is 4.71. The molecule has 0 aliphatic rings. The van der Waals surface area contributed by atoms with Crippen LogP contribution in [0.1, 0.15) is 92.8 Å². The minimum Gasteiger partial charge on any atom is -0.145 e. The van der Waals surface area contributed by atoms with Crippen molar-refractivity contribution in [2.75, 3.05) is 0 Å². The number of hydrogen-bond acceptors (Lipinski definition) is 4. The Bertz CT molecular complexity index is 1850. The van der Waals surface area contributed by atoms with Crippen molar-refractivity contribution in [2.45, 2.75) is 116 Å². The summed E-state index contributed by atoms with van der Waals surface area (Å²) in [6.45, 7) is 29.8. The highest BCUT2D eigenvalue weighted by Gasteiger charge is 2.46. The number of benzene rings is 2. The lowest BCUT2D eigenvalue weighted by Gasteiger charge is -2.42. The van der Waals surface area contributed by atoms with Crippen molar-refractivity contribution in [3.05, 3.63) is 58.3 Å². The van der Waals surface area contributed by atoms with Gasteiger partial charge in [0.2, 0.25) is 0 Å². The Hall–Kier alpha value is -1.55. The summed E-state index contributed by atoms with van der Waals surface area (Å²) < 4.78 is 9.11. The second-order valence-corrected chi connectivity index (χ2v) is 32.3. The van der Waals surface area contributed by atoms with Gasteiger partial charge < -0.3 is 0 Å². The van der Waals surface area contributed by atoms with Crippen LogP contribution in [0.15, 0.2) is 48.5 Å². The highest BCUT2D eigenvalue weighted by atomic mass is 32.1. The molecule has 0 saturated carbocycles. The Kier molecular flexibility index (Phi) is 9.49. The molecule has 0 bridgehead atoms. The number of fused-ring (bicyclic) bond motifs is 6. The van der Waals surface area contributed by atoms with E-state index < -0.39 is 16.1 Å². The molecule has 0 aliphatic carbocycles.